The number of nitrogens with zero attached hydrogens (tertiary/aromatic N) is 2. The van der Waals surface area contributed by atoms with Crippen molar-refractivity contribution in [2.75, 3.05) is 13.1 Å². The number of aromatic amines is 1. The van der Waals surface area contributed by atoms with Gasteiger partial charge >= 0.3 is 5.97 Å². The Kier molecular flexibility index (Phi) is 4.76. The maximum Gasteiger partial charge on any atom is 0.320 e. The largest absolute Gasteiger partial charge is 0.480 e. The number of carboxylic acids is 1. The first kappa shape index (κ1) is 16.4. The molecule has 2 aromatic rings. The molecule has 3 rings (SSSR count). The molecular formula is C18H20FN3O2. The van der Waals surface area contributed by atoms with Gasteiger partial charge in [-0.05, 0) is 48.7 Å². The van der Waals surface area contributed by atoms with Crippen molar-refractivity contribution in [3.63, 3.8) is 0 Å². The Morgan fingerprint density at radius 2 is 2.17 bits per heavy atom. The number of carboxylic acid groups (broad SMARTS) is 1. The van der Waals surface area contributed by atoms with E-state index in [0.717, 1.165) is 35.5 Å². The van der Waals surface area contributed by atoms with Crippen molar-refractivity contribution in [3.8, 4) is 11.3 Å². The van der Waals surface area contributed by atoms with Gasteiger partial charge in [0.05, 0.1) is 11.4 Å². The predicted octanol–water partition coefficient (Wildman–Crippen LogP) is 3.17. The minimum absolute atomic E-state index is 0.278. The molecule has 1 aliphatic rings. The molecule has 0 saturated heterocycles. The molecule has 24 heavy (non-hydrogen) atoms. The van der Waals surface area contributed by atoms with Crippen LogP contribution in [0.5, 0.6) is 0 Å². The first-order valence-electron chi connectivity index (χ1n) is 8.06. The van der Waals surface area contributed by atoms with Gasteiger partial charge < -0.3 is 5.11 Å². The molecular weight excluding hydrogens is 309 g/mol. The second kappa shape index (κ2) is 6.97. The van der Waals surface area contributed by atoms with Crippen molar-refractivity contribution in [3.05, 3.63) is 47.9 Å². The van der Waals surface area contributed by atoms with Gasteiger partial charge in [0.25, 0.3) is 0 Å². The number of aliphatic carboxylic acids is 1. The van der Waals surface area contributed by atoms with Crippen LogP contribution in [0.3, 0.4) is 0 Å². The van der Waals surface area contributed by atoms with Crippen molar-refractivity contribution in [1.29, 1.82) is 0 Å². The fourth-order valence-electron chi connectivity index (χ4n) is 3.07. The molecule has 0 saturated carbocycles. The lowest BCUT2D eigenvalue weighted by Gasteiger charge is -2.31. The molecule has 1 unspecified atom stereocenters. The number of H-pyrrole nitrogens is 1. The Labute approximate surface area is 139 Å². The Bertz CT molecular complexity index is 752. The van der Waals surface area contributed by atoms with Gasteiger partial charge in [-0.1, -0.05) is 13.0 Å². The average molecular weight is 329 g/mol. The van der Waals surface area contributed by atoms with E-state index in [1.165, 1.54) is 12.1 Å². The van der Waals surface area contributed by atoms with E-state index in [1.807, 2.05) is 17.9 Å². The number of nitrogens with one attached hydrogen (secondary N) is 1. The zero-order valence-electron chi connectivity index (χ0n) is 13.5. The molecule has 5 nitrogen and oxygen atoms in total. The van der Waals surface area contributed by atoms with Crippen LogP contribution in [0.4, 0.5) is 4.39 Å². The lowest BCUT2D eigenvalue weighted by Crippen LogP contribution is -2.43. The molecule has 6 heteroatoms. The van der Waals surface area contributed by atoms with Crippen LogP contribution in [0.25, 0.3) is 16.8 Å². The summed E-state index contributed by atoms with van der Waals surface area (Å²) in [5, 5.41) is 16.6. The second-order valence-corrected chi connectivity index (χ2v) is 5.92. The van der Waals surface area contributed by atoms with E-state index < -0.39 is 12.0 Å². The van der Waals surface area contributed by atoms with E-state index in [-0.39, 0.29) is 5.82 Å². The van der Waals surface area contributed by atoms with Gasteiger partial charge in [-0.15, -0.1) is 0 Å². The van der Waals surface area contributed by atoms with Crippen LogP contribution in [-0.2, 0) is 4.79 Å². The van der Waals surface area contributed by atoms with Crippen LogP contribution >= 0.6 is 0 Å². The smallest absolute Gasteiger partial charge is 0.320 e. The van der Waals surface area contributed by atoms with Crippen LogP contribution in [0, 0.1) is 5.82 Å². The lowest BCUT2D eigenvalue weighted by atomic mass is 10.0. The minimum Gasteiger partial charge on any atom is -0.480 e. The summed E-state index contributed by atoms with van der Waals surface area (Å²) < 4.78 is 13.0. The van der Waals surface area contributed by atoms with E-state index in [2.05, 4.69) is 16.3 Å². The fourth-order valence-corrected chi connectivity index (χ4v) is 3.07. The third-order valence-corrected chi connectivity index (χ3v) is 4.36. The van der Waals surface area contributed by atoms with Gasteiger partial charge in [0, 0.05) is 18.7 Å². The molecule has 1 aromatic carbocycles. The number of hydrogen-bond acceptors (Lipinski definition) is 3. The van der Waals surface area contributed by atoms with E-state index in [0.29, 0.717) is 13.0 Å². The number of benzene rings is 1. The third kappa shape index (κ3) is 3.38. The monoisotopic (exact) mass is 329 g/mol. The highest BCUT2D eigenvalue weighted by molar-refractivity contribution is 5.75. The van der Waals surface area contributed by atoms with Crippen LogP contribution in [0.2, 0.25) is 0 Å². The third-order valence-electron chi connectivity index (χ3n) is 4.36. The van der Waals surface area contributed by atoms with Gasteiger partial charge in [0.1, 0.15) is 11.9 Å². The Balaban J connectivity index is 1.78. The van der Waals surface area contributed by atoms with E-state index in [4.69, 9.17) is 0 Å². The van der Waals surface area contributed by atoms with E-state index >= 15 is 0 Å². The SMILES string of the molecule is CCC(C(=O)O)N1CCC=C(c2cc(-c3ccc(F)cc3)n[nH]2)C1. The Morgan fingerprint density at radius 3 is 2.83 bits per heavy atom. The lowest BCUT2D eigenvalue weighted by molar-refractivity contribution is -0.143. The molecule has 2 N–H and O–H groups in total. The van der Waals surface area contributed by atoms with Gasteiger partial charge in [-0.3, -0.25) is 14.8 Å². The summed E-state index contributed by atoms with van der Waals surface area (Å²) in [6, 6.07) is 7.65. The zero-order valence-corrected chi connectivity index (χ0v) is 13.5. The van der Waals surface area contributed by atoms with Crippen LogP contribution in [0.1, 0.15) is 25.5 Å². The molecule has 1 aromatic heterocycles. The molecule has 0 radical (unpaired) electrons. The van der Waals surface area contributed by atoms with Crippen LogP contribution in [-0.4, -0.2) is 45.3 Å². The molecule has 0 fully saturated rings. The number of halogens is 1. The maximum atomic E-state index is 13.0. The molecule has 1 atom stereocenters. The van der Waals surface area contributed by atoms with Gasteiger partial charge in [-0.25, -0.2) is 4.39 Å². The van der Waals surface area contributed by atoms with Crippen molar-refractivity contribution < 1.29 is 14.3 Å². The van der Waals surface area contributed by atoms with E-state index in [1.54, 1.807) is 12.1 Å². The molecule has 126 valence electrons. The number of carbonyl (C=O) groups is 1. The average Bonchev–Trinajstić information content (AvgIpc) is 3.06. The summed E-state index contributed by atoms with van der Waals surface area (Å²) in [5.41, 5.74) is 3.50. The topological polar surface area (TPSA) is 69.2 Å². The zero-order chi connectivity index (χ0) is 17.1. The number of hydrogen-bond donors (Lipinski definition) is 2. The first-order valence-corrected chi connectivity index (χ1v) is 8.06. The van der Waals surface area contributed by atoms with Crippen LogP contribution < -0.4 is 0 Å². The summed E-state index contributed by atoms with van der Waals surface area (Å²) >= 11 is 0. The number of rotatable bonds is 5. The summed E-state index contributed by atoms with van der Waals surface area (Å²) in [4.78, 5) is 13.4. The van der Waals surface area contributed by atoms with Crippen LogP contribution in [0.15, 0.2) is 36.4 Å². The van der Waals surface area contributed by atoms with Gasteiger partial charge in [0.15, 0.2) is 0 Å². The van der Waals surface area contributed by atoms with E-state index in [9.17, 15) is 14.3 Å². The highest BCUT2D eigenvalue weighted by Crippen LogP contribution is 2.25. The fraction of sp³-hybridized carbons (Fsp3) is 0.333. The summed E-state index contributed by atoms with van der Waals surface area (Å²) in [6.45, 7) is 3.21. The number of aromatic nitrogens is 2. The second-order valence-electron chi connectivity index (χ2n) is 5.92. The molecule has 1 aliphatic heterocycles. The highest BCUT2D eigenvalue weighted by Gasteiger charge is 2.26. The maximum absolute atomic E-state index is 13.0. The molecule has 0 aliphatic carbocycles. The summed E-state index contributed by atoms with van der Waals surface area (Å²) in [6.07, 6.45) is 3.50. The van der Waals surface area contributed by atoms with Crippen molar-refractivity contribution in [2.45, 2.75) is 25.8 Å². The highest BCUT2D eigenvalue weighted by atomic mass is 19.1. The Morgan fingerprint density at radius 1 is 1.42 bits per heavy atom. The predicted molar refractivity (Wildman–Crippen MR) is 89.9 cm³/mol. The quantitative estimate of drug-likeness (QED) is 0.884. The summed E-state index contributed by atoms with van der Waals surface area (Å²) in [5.74, 6) is -1.06. The molecule has 0 spiro atoms. The van der Waals surface area contributed by atoms with Crippen molar-refractivity contribution in [2.24, 2.45) is 0 Å². The normalized spacial score (nSPS) is 16.7. The summed E-state index contributed by atoms with van der Waals surface area (Å²) in [7, 11) is 0. The Hall–Kier alpha value is -2.47. The molecule has 2 heterocycles. The minimum atomic E-state index is -0.782. The first-order chi connectivity index (χ1) is 11.6. The molecule has 0 amide bonds. The van der Waals surface area contributed by atoms with Gasteiger partial charge in [0.2, 0.25) is 0 Å². The van der Waals surface area contributed by atoms with Crippen molar-refractivity contribution in [1.82, 2.24) is 15.1 Å². The standard InChI is InChI=1S/C18H20FN3O2/c1-2-17(18(23)24)22-9-3-4-13(11-22)16-10-15(20-21-16)12-5-7-14(19)8-6-12/h4-8,10,17H,2-3,9,11H2,1H3,(H,20,21)(H,23,24). The van der Waals surface area contributed by atoms with Gasteiger partial charge in [-0.2, -0.15) is 5.10 Å². The molecule has 0 bridgehead atoms. The van der Waals surface area contributed by atoms with Crippen molar-refractivity contribution >= 4 is 11.5 Å².